The van der Waals surface area contributed by atoms with Crippen LogP contribution in [0.1, 0.15) is 16.1 Å². The second-order valence-electron chi connectivity index (χ2n) is 4.51. The fourth-order valence-electron chi connectivity index (χ4n) is 1.90. The standard InChI is InChI=1S/C15H13N5O/c1-10-9-12(7-8-16-10)13-17-15(20-19-13)18-14(21)11-5-3-2-4-6-11/h2-9H,1H3,(H2,17,18,19,20,21). The molecule has 0 saturated heterocycles. The summed E-state index contributed by atoms with van der Waals surface area (Å²) in [6.07, 6.45) is 1.70. The minimum Gasteiger partial charge on any atom is -0.289 e. The molecule has 21 heavy (non-hydrogen) atoms. The van der Waals surface area contributed by atoms with Crippen molar-refractivity contribution in [2.75, 3.05) is 5.32 Å². The van der Waals surface area contributed by atoms with Crippen molar-refractivity contribution in [2.45, 2.75) is 6.92 Å². The zero-order valence-electron chi connectivity index (χ0n) is 11.4. The molecule has 1 amide bonds. The molecule has 0 aliphatic carbocycles. The number of aromatic amines is 1. The maximum Gasteiger partial charge on any atom is 0.258 e. The first-order valence-corrected chi connectivity index (χ1v) is 6.44. The van der Waals surface area contributed by atoms with E-state index >= 15 is 0 Å². The van der Waals surface area contributed by atoms with Crippen LogP contribution in [0.2, 0.25) is 0 Å². The zero-order valence-corrected chi connectivity index (χ0v) is 11.4. The van der Waals surface area contributed by atoms with Gasteiger partial charge in [0.15, 0.2) is 5.82 Å². The van der Waals surface area contributed by atoms with Gasteiger partial charge in [-0.2, -0.15) is 4.98 Å². The molecule has 104 valence electrons. The van der Waals surface area contributed by atoms with Crippen LogP contribution >= 0.6 is 0 Å². The minimum absolute atomic E-state index is 0.243. The number of benzene rings is 1. The SMILES string of the molecule is Cc1cc(-c2nc(NC(=O)c3ccccc3)n[nH]2)ccn1. The van der Waals surface area contributed by atoms with E-state index in [1.165, 1.54) is 0 Å². The first-order valence-electron chi connectivity index (χ1n) is 6.44. The number of amides is 1. The number of nitrogens with one attached hydrogen (secondary N) is 2. The van der Waals surface area contributed by atoms with Crippen LogP contribution in [0.5, 0.6) is 0 Å². The lowest BCUT2D eigenvalue weighted by Gasteiger charge is -1.99. The molecule has 2 aromatic heterocycles. The first-order chi connectivity index (χ1) is 10.2. The molecule has 0 bridgehead atoms. The lowest BCUT2D eigenvalue weighted by atomic mass is 10.2. The van der Waals surface area contributed by atoms with E-state index in [0.717, 1.165) is 11.3 Å². The van der Waals surface area contributed by atoms with Gasteiger partial charge in [0.2, 0.25) is 5.95 Å². The summed E-state index contributed by atoms with van der Waals surface area (Å²) in [4.78, 5) is 20.4. The van der Waals surface area contributed by atoms with E-state index < -0.39 is 0 Å². The summed E-state index contributed by atoms with van der Waals surface area (Å²) in [6.45, 7) is 1.90. The summed E-state index contributed by atoms with van der Waals surface area (Å²) >= 11 is 0. The van der Waals surface area contributed by atoms with Crippen molar-refractivity contribution in [1.82, 2.24) is 20.2 Å². The maximum absolute atomic E-state index is 12.0. The van der Waals surface area contributed by atoms with Gasteiger partial charge in [-0.25, -0.2) is 0 Å². The number of H-pyrrole nitrogens is 1. The van der Waals surface area contributed by atoms with Gasteiger partial charge in [0.25, 0.3) is 5.91 Å². The molecule has 6 nitrogen and oxygen atoms in total. The van der Waals surface area contributed by atoms with Crippen LogP contribution < -0.4 is 5.32 Å². The van der Waals surface area contributed by atoms with Crippen molar-refractivity contribution >= 4 is 11.9 Å². The third-order valence-electron chi connectivity index (χ3n) is 2.92. The second-order valence-corrected chi connectivity index (χ2v) is 4.51. The number of aromatic nitrogens is 4. The van der Waals surface area contributed by atoms with Crippen LogP contribution in [0.15, 0.2) is 48.7 Å². The van der Waals surface area contributed by atoms with E-state index in [4.69, 9.17) is 0 Å². The van der Waals surface area contributed by atoms with Gasteiger partial charge in [0.1, 0.15) is 0 Å². The highest BCUT2D eigenvalue weighted by atomic mass is 16.1. The summed E-state index contributed by atoms with van der Waals surface area (Å²) in [5, 5.41) is 9.46. The fourth-order valence-corrected chi connectivity index (χ4v) is 1.90. The van der Waals surface area contributed by atoms with Crippen LogP contribution in [0.4, 0.5) is 5.95 Å². The van der Waals surface area contributed by atoms with Crippen molar-refractivity contribution < 1.29 is 4.79 Å². The highest BCUT2D eigenvalue weighted by molar-refractivity contribution is 6.03. The monoisotopic (exact) mass is 279 g/mol. The molecule has 3 aromatic rings. The lowest BCUT2D eigenvalue weighted by molar-refractivity contribution is 0.102. The number of aryl methyl sites for hydroxylation is 1. The fraction of sp³-hybridized carbons (Fsp3) is 0.0667. The van der Waals surface area contributed by atoms with Crippen LogP contribution in [0, 0.1) is 6.92 Å². The molecule has 6 heteroatoms. The molecule has 0 radical (unpaired) electrons. The zero-order chi connectivity index (χ0) is 14.7. The van der Waals surface area contributed by atoms with Gasteiger partial charge >= 0.3 is 0 Å². The minimum atomic E-state index is -0.243. The van der Waals surface area contributed by atoms with E-state index in [1.807, 2.05) is 25.1 Å². The molecule has 1 aromatic carbocycles. The van der Waals surface area contributed by atoms with Crippen LogP contribution in [-0.2, 0) is 0 Å². The second kappa shape index (κ2) is 5.54. The van der Waals surface area contributed by atoms with Crippen molar-refractivity contribution in [3.05, 3.63) is 59.9 Å². The van der Waals surface area contributed by atoms with Gasteiger partial charge in [0, 0.05) is 23.0 Å². The average Bonchev–Trinajstić information content (AvgIpc) is 2.97. The summed E-state index contributed by atoms with van der Waals surface area (Å²) in [7, 11) is 0. The molecule has 3 rings (SSSR count). The number of rotatable bonds is 3. The number of hydrogen-bond donors (Lipinski definition) is 2. The Morgan fingerprint density at radius 1 is 1.19 bits per heavy atom. The highest BCUT2D eigenvalue weighted by Crippen LogP contribution is 2.16. The normalized spacial score (nSPS) is 10.3. The number of nitrogens with zero attached hydrogens (tertiary/aromatic N) is 3. The molecule has 0 atom stereocenters. The van der Waals surface area contributed by atoms with Gasteiger partial charge in [-0.05, 0) is 31.2 Å². The van der Waals surface area contributed by atoms with Gasteiger partial charge in [-0.1, -0.05) is 18.2 Å². The lowest BCUT2D eigenvalue weighted by Crippen LogP contribution is -2.12. The van der Waals surface area contributed by atoms with E-state index in [-0.39, 0.29) is 11.9 Å². The Hall–Kier alpha value is -3.02. The summed E-state index contributed by atoms with van der Waals surface area (Å²) in [5.41, 5.74) is 2.32. The highest BCUT2D eigenvalue weighted by Gasteiger charge is 2.10. The Morgan fingerprint density at radius 2 is 2.00 bits per heavy atom. The molecule has 2 heterocycles. The van der Waals surface area contributed by atoms with Gasteiger partial charge in [-0.15, -0.1) is 5.10 Å². The predicted octanol–water partition coefficient (Wildman–Crippen LogP) is 2.43. The number of hydrogen-bond acceptors (Lipinski definition) is 4. The Bertz CT molecular complexity index is 766. The van der Waals surface area contributed by atoms with E-state index in [1.54, 1.807) is 30.5 Å². The van der Waals surface area contributed by atoms with Crippen LogP contribution in [-0.4, -0.2) is 26.1 Å². The van der Waals surface area contributed by atoms with E-state index in [2.05, 4.69) is 25.5 Å². The quantitative estimate of drug-likeness (QED) is 0.771. The summed E-state index contributed by atoms with van der Waals surface area (Å²) < 4.78 is 0. The van der Waals surface area contributed by atoms with Crippen molar-refractivity contribution in [1.29, 1.82) is 0 Å². The van der Waals surface area contributed by atoms with Gasteiger partial charge in [0.05, 0.1) is 0 Å². The number of pyridine rings is 1. The smallest absolute Gasteiger partial charge is 0.258 e. The van der Waals surface area contributed by atoms with Gasteiger partial charge in [-0.3, -0.25) is 20.2 Å². The van der Waals surface area contributed by atoms with E-state index in [9.17, 15) is 4.79 Å². The maximum atomic E-state index is 12.0. The van der Waals surface area contributed by atoms with E-state index in [0.29, 0.717) is 11.4 Å². The molecular formula is C15H13N5O. The van der Waals surface area contributed by atoms with Crippen molar-refractivity contribution in [3.63, 3.8) is 0 Å². The third kappa shape index (κ3) is 2.94. The Balaban J connectivity index is 1.78. The molecule has 0 unspecified atom stereocenters. The molecule has 0 aliphatic heterocycles. The van der Waals surface area contributed by atoms with Crippen LogP contribution in [0.25, 0.3) is 11.4 Å². The molecular weight excluding hydrogens is 266 g/mol. The summed E-state index contributed by atoms with van der Waals surface area (Å²) in [6, 6.07) is 12.6. The average molecular weight is 279 g/mol. The number of carbonyl (C=O) groups is 1. The molecule has 2 N–H and O–H groups in total. The van der Waals surface area contributed by atoms with Gasteiger partial charge < -0.3 is 0 Å². The summed E-state index contributed by atoms with van der Waals surface area (Å²) in [5.74, 6) is 0.587. The van der Waals surface area contributed by atoms with Crippen molar-refractivity contribution in [2.24, 2.45) is 0 Å². The first kappa shape index (κ1) is 13.0. The topological polar surface area (TPSA) is 83.6 Å². The third-order valence-corrected chi connectivity index (χ3v) is 2.92. The Labute approximate surface area is 121 Å². The molecule has 0 aliphatic rings. The number of carbonyl (C=O) groups excluding carboxylic acids is 1. The Kier molecular flexibility index (Phi) is 3.42. The molecule has 0 spiro atoms. The molecule has 0 saturated carbocycles. The Morgan fingerprint density at radius 3 is 2.76 bits per heavy atom. The predicted molar refractivity (Wildman–Crippen MR) is 78.7 cm³/mol. The molecule has 0 fully saturated rings. The largest absolute Gasteiger partial charge is 0.289 e. The van der Waals surface area contributed by atoms with Crippen molar-refractivity contribution in [3.8, 4) is 11.4 Å². The van der Waals surface area contributed by atoms with Crippen LogP contribution in [0.3, 0.4) is 0 Å². The number of anilines is 1.